The molecule has 0 saturated heterocycles. The minimum absolute atomic E-state index is 0.367. The van der Waals surface area contributed by atoms with Gasteiger partial charge in [0.05, 0.1) is 28.4 Å². The van der Waals surface area contributed by atoms with Crippen molar-refractivity contribution in [3.63, 3.8) is 0 Å². The molecule has 0 atom stereocenters. The van der Waals surface area contributed by atoms with Crippen LogP contribution in [-0.2, 0) is 0 Å². The zero-order valence-corrected chi connectivity index (χ0v) is 21.9. The molecule has 0 aliphatic heterocycles. The summed E-state index contributed by atoms with van der Waals surface area (Å²) < 4.78 is 7.15. The molecule has 9 heteroatoms. The molecule has 1 aromatic carbocycles. The normalized spacial score (nSPS) is 18.6. The van der Waals surface area contributed by atoms with Crippen LogP contribution in [0.5, 0.6) is 5.75 Å². The second-order valence-electron chi connectivity index (χ2n) is 9.07. The number of fused-ring (bicyclic) bond motifs is 1. The summed E-state index contributed by atoms with van der Waals surface area (Å²) in [7, 11) is 1.59. The molecule has 4 rings (SSSR count). The number of halogens is 2. The minimum atomic E-state index is 0.367. The minimum Gasteiger partial charge on any atom is -0.497 e. The summed E-state index contributed by atoms with van der Waals surface area (Å²) in [6, 6.07) is 6.53. The van der Waals surface area contributed by atoms with Gasteiger partial charge in [0.15, 0.2) is 5.65 Å². The molecule has 0 radical (unpaired) electrons. The fourth-order valence-corrected chi connectivity index (χ4v) is 5.62. The Balaban J connectivity index is 1.60. The lowest BCUT2D eigenvalue weighted by Gasteiger charge is -2.35. The zero-order valence-electron chi connectivity index (χ0n) is 20.4. The Morgan fingerprint density at radius 1 is 1.12 bits per heavy atom. The highest BCUT2D eigenvalue weighted by atomic mass is 35.5. The van der Waals surface area contributed by atoms with Gasteiger partial charge < -0.3 is 15.8 Å². The summed E-state index contributed by atoms with van der Waals surface area (Å²) in [5.74, 6) is 1.51. The Kier molecular flexibility index (Phi) is 7.87. The van der Waals surface area contributed by atoms with E-state index in [9.17, 15) is 0 Å². The van der Waals surface area contributed by atoms with E-state index < -0.39 is 0 Å². The molecule has 1 aliphatic carbocycles. The van der Waals surface area contributed by atoms with Crippen molar-refractivity contribution in [3.8, 4) is 16.9 Å². The first-order chi connectivity index (χ1) is 16.3. The molecule has 3 N–H and O–H groups in total. The fraction of sp³-hybridized carbons (Fsp3) is 0.520. The summed E-state index contributed by atoms with van der Waals surface area (Å²) >= 11 is 13.2. The van der Waals surface area contributed by atoms with Gasteiger partial charge in [-0.15, -0.1) is 0 Å². The second kappa shape index (κ2) is 10.7. The van der Waals surface area contributed by atoms with E-state index in [2.05, 4.69) is 17.1 Å². The first-order valence-corrected chi connectivity index (χ1v) is 12.7. The van der Waals surface area contributed by atoms with Gasteiger partial charge in [0.25, 0.3) is 0 Å². The Morgan fingerprint density at radius 2 is 1.79 bits per heavy atom. The molecule has 2 aromatic heterocycles. The van der Waals surface area contributed by atoms with Gasteiger partial charge in [-0.3, -0.25) is 4.90 Å². The summed E-state index contributed by atoms with van der Waals surface area (Å²) in [5, 5.41) is 9.39. The topological polar surface area (TPSA) is 80.7 Å². The fourth-order valence-electron chi connectivity index (χ4n) is 4.96. The van der Waals surface area contributed by atoms with Crippen LogP contribution in [0, 0.1) is 13.8 Å². The maximum Gasteiger partial charge on any atom is 0.165 e. The highest BCUT2D eigenvalue weighted by molar-refractivity contribution is 6.39. The molecular weight excluding hydrogens is 471 g/mol. The van der Waals surface area contributed by atoms with Gasteiger partial charge >= 0.3 is 0 Å². The number of aromatic nitrogens is 3. The van der Waals surface area contributed by atoms with Crippen molar-refractivity contribution in [1.82, 2.24) is 19.5 Å². The van der Waals surface area contributed by atoms with Crippen LogP contribution in [-0.4, -0.2) is 58.3 Å². The van der Waals surface area contributed by atoms with E-state index in [-0.39, 0.29) is 0 Å². The Hall–Kier alpha value is -2.06. The number of nitrogens with zero attached hydrogens (tertiary/aromatic N) is 4. The van der Waals surface area contributed by atoms with E-state index in [1.54, 1.807) is 19.2 Å². The van der Waals surface area contributed by atoms with Gasteiger partial charge in [0, 0.05) is 42.5 Å². The highest BCUT2D eigenvalue weighted by Gasteiger charge is 2.24. The molecule has 1 aliphatic rings. The number of nitrogens with one attached hydrogen (secondary N) is 1. The number of aryl methyl sites for hydroxylation is 2. The van der Waals surface area contributed by atoms with E-state index in [1.165, 1.54) is 12.8 Å². The van der Waals surface area contributed by atoms with E-state index >= 15 is 0 Å². The van der Waals surface area contributed by atoms with Crippen molar-refractivity contribution >= 4 is 34.7 Å². The molecular formula is C25H34Cl2N6O. The number of benzene rings is 1. The molecule has 2 heterocycles. The number of nitrogens with two attached hydrogens (primary N) is 1. The van der Waals surface area contributed by atoms with Crippen LogP contribution < -0.4 is 15.8 Å². The quantitative estimate of drug-likeness (QED) is 0.431. The Bertz CT molecular complexity index is 1130. The van der Waals surface area contributed by atoms with Gasteiger partial charge in [-0.1, -0.05) is 30.1 Å². The lowest BCUT2D eigenvalue weighted by molar-refractivity contribution is 0.162. The molecule has 184 valence electrons. The number of rotatable bonds is 8. The van der Waals surface area contributed by atoms with Crippen molar-refractivity contribution in [2.75, 3.05) is 32.1 Å². The van der Waals surface area contributed by atoms with E-state index in [0.29, 0.717) is 33.4 Å². The molecule has 0 unspecified atom stereocenters. The first kappa shape index (κ1) is 25.0. The molecule has 34 heavy (non-hydrogen) atoms. The molecule has 1 fully saturated rings. The largest absolute Gasteiger partial charge is 0.497 e. The van der Waals surface area contributed by atoms with Crippen molar-refractivity contribution in [1.29, 1.82) is 0 Å². The Labute approximate surface area is 211 Å². The average Bonchev–Trinajstić information content (AvgIpc) is 3.12. The van der Waals surface area contributed by atoms with Gasteiger partial charge in [0.1, 0.15) is 11.6 Å². The third-order valence-corrected chi connectivity index (χ3v) is 7.36. The predicted octanol–water partition coefficient (Wildman–Crippen LogP) is 5.33. The number of hydrogen-bond acceptors (Lipinski definition) is 6. The predicted molar refractivity (Wildman–Crippen MR) is 140 cm³/mol. The van der Waals surface area contributed by atoms with E-state index in [0.717, 1.165) is 60.9 Å². The van der Waals surface area contributed by atoms with Gasteiger partial charge in [0.2, 0.25) is 0 Å². The lowest BCUT2D eigenvalue weighted by Crippen LogP contribution is -2.42. The van der Waals surface area contributed by atoms with Crippen LogP contribution >= 0.6 is 23.2 Å². The third kappa shape index (κ3) is 5.13. The summed E-state index contributed by atoms with van der Waals surface area (Å²) in [6.07, 6.45) is 4.59. The number of methoxy groups -OCH3 is 1. The van der Waals surface area contributed by atoms with Gasteiger partial charge in [-0.05, 0) is 58.2 Å². The maximum atomic E-state index is 6.62. The highest BCUT2D eigenvalue weighted by Crippen LogP contribution is 2.41. The van der Waals surface area contributed by atoms with Crippen LogP contribution in [0.15, 0.2) is 18.2 Å². The number of ether oxygens (including phenoxy) is 1. The third-order valence-electron chi connectivity index (χ3n) is 6.76. The van der Waals surface area contributed by atoms with Crippen LogP contribution in [0.25, 0.3) is 16.8 Å². The zero-order chi connectivity index (χ0) is 24.4. The smallest absolute Gasteiger partial charge is 0.165 e. The second-order valence-corrected chi connectivity index (χ2v) is 9.88. The van der Waals surface area contributed by atoms with Crippen LogP contribution in [0.4, 0.5) is 5.82 Å². The maximum absolute atomic E-state index is 6.62. The van der Waals surface area contributed by atoms with Crippen LogP contribution in [0.3, 0.4) is 0 Å². The summed E-state index contributed by atoms with van der Waals surface area (Å²) in [4.78, 5) is 7.34. The van der Waals surface area contributed by atoms with Crippen LogP contribution in [0.2, 0.25) is 10.0 Å². The first-order valence-electron chi connectivity index (χ1n) is 12.0. The summed E-state index contributed by atoms with van der Waals surface area (Å²) in [5.41, 5.74) is 10.1. The number of hydrogen-bond donors (Lipinski definition) is 2. The SMILES string of the molecule is CCN(CCNc1cc(C)nc2c(-c3c(Cl)cc(OC)cc3Cl)c(C)nn12)C1CCC(N)CC1. The van der Waals surface area contributed by atoms with Crippen molar-refractivity contribution < 1.29 is 4.74 Å². The Morgan fingerprint density at radius 3 is 2.41 bits per heavy atom. The van der Waals surface area contributed by atoms with Gasteiger partial charge in [-0.25, -0.2) is 4.98 Å². The van der Waals surface area contributed by atoms with Gasteiger partial charge in [-0.2, -0.15) is 9.61 Å². The van der Waals surface area contributed by atoms with E-state index in [4.69, 9.17) is 43.8 Å². The molecule has 3 aromatic rings. The standard InChI is InChI=1S/C25H34Cl2N6O/c1-5-32(18-8-6-17(28)7-9-18)11-10-29-22-12-15(2)30-25-23(16(3)31-33(22)25)24-20(26)13-19(34-4)14-21(24)27/h12-14,17-18,29H,5-11,28H2,1-4H3. The van der Waals surface area contributed by atoms with E-state index in [1.807, 2.05) is 24.4 Å². The molecule has 7 nitrogen and oxygen atoms in total. The lowest BCUT2D eigenvalue weighted by atomic mass is 9.91. The molecule has 0 bridgehead atoms. The van der Waals surface area contributed by atoms with Crippen molar-refractivity contribution in [2.24, 2.45) is 5.73 Å². The molecule has 1 saturated carbocycles. The van der Waals surface area contributed by atoms with Crippen molar-refractivity contribution in [3.05, 3.63) is 39.6 Å². The number of likely N-dealkylation sites (N-methyl/N-ethyl adjacent to an activating group) is 1. The molecule has 0 amide bonds. The van der Waals surface area contributed by atoms with Crippen LogP contribution in [0.1, 0.15) is 44.0 Å². The molecule has 0 spiro atoms. The van der Waals surface area contributed by atoms with Crippen molar-refractivity contribution in [2.45, 2.75) is 58.5 Å². The monoisotopic (exact) mass is 504 g/mol. The number of anilines is 1. The summed E-state index contributed by atoms with van der Waals surface area (Å²) in [6.45, 7) is 8.97. The average molecular weight is 505 g/mol.